The van der Waals surface area contributed by atoms with Crippen LogP contribution in [0.5, 0.6) is 0 Å². The van der Waals surface area contributed by atoms with Crippen LogP contribution in [0.4, 0.5) is 0 Å². The van der Waals surface area contributed by atoms with Crippen LogP contribution in [-0.2, 0) is 0 Å². The van der Waals surface area contributed by atoms with Gasteiger partial charge in [0.15, 0.2) is 0 Å². The minimum atomic E-state index is -0.106. The molecule has 0 bridgehead atoms. The third-order valence-electron chi connectivity index (χ3n) is 1.59. The van der Waals surface area contributed by atoms with Crippen molar-refractivity contribution in [1.82, 2.24) is 0 Å². The summed E-state index contributed by atoms with van der Waals surface area (Å²) in [4.78, 5) is 0.421. The summed E-state index contributed by atoms with van der Waals surface area (Å²) in [6, 6.07) is -0.106. The normalized spacial score (nSPS) is 15.1. The van der Waals surface area contributed by atoms with Gasteiger partial charge in [-0.2, -0.15) is 0 Å². The molecule has 0 radical (unpaired) electrons. The zero-order valence-electron chi connectivity index (χ0n) is 6.33. The van der Waals surface area contributed by atoms with Crippen LogP contribution in [0.15, 0.2) is 0 Å². The maximum Gasteiger partial charge on any atom is 0.0900 e. The van der Waals surface area contributed by atoms with E-state index in [1.54, 1.807) is 0 Å². The van der Waals surface area contributed by atoms with E-state index in [1.807, 2.05) is 6.92 Å². The lowest BCUT2D eigenvalue weighted by Gasteiger charge is -2.15. The first-order chi connectivity index (χ1) is 4.09. The Bertz CT molecular complexity index is 108. The van der Waals surface area contributed by atoms with E-state index in [9.17, 15) is 0 Å². The van der Waals surface area contributed by atoms with Crippen molar-refractivity contribution < 1.29 is 0 Å². The van der Waals surface area contributed by atoms with Gasteiger partial charge in [-0.15, -0.1) is 12.4 Å². The number of nitrogens with two attached hydrogens (primary N) is 2. The smallest absolute Gasteiger partial charge is 0.0900 e. The summed E-state index contributed by atoms with van der Waals surface area (Å²) < 4.78 is 0. The fourth-order valence-electron chi connectivity index (χ4n) is 0.534. The van der Waals surface area contributed by atoms with Crippen LogP contribution in [0.1, 0.15) is 20.3 Å². The number of hydrogen-bond acceptors (Lipinski definition) is 2. The highest BCUT2D eigenvalue weighted by Gasteiger charge is 2.11. The quantitative estimate of drug-likeness (QED) is 0.643. The van der Waals surface area contributed by atoms with E-state index in [2.05, 4.69) is 6.92 Å². The zero-order chi connectivity index (χ0) is 7.44. The van der Waals surface area contributed by atoms with Crippen molar-refractivity contribution >= 4 is 29.6 Å². The number of hydrogen-bond donors (Lipinski definition) is 2. The average Bonchev–Trinajstić information content (AvgIpc) is 1.84. The lowest BCUT2D eigenvalue weighted by atomic mass is 10.0. The molecule has 62 valence electrons. The highest BCUT2D eigenvalue weighted by Crippen LogP contribution is 2.04. The van der Waals surface area contributed by atoms with Crippen LogP contribution in [-0.4, -0.2) is 11.0 Å². The van der Waals surface area contributed by atoms with Crippen molar-refractivity contribution in [1.29, 1.82) is 0 Å². The van der Waals surface area contributed by atoms with Gasteiger partial charge in [0.25, 0.3) is 0 Å². The van der Waals surface area contributed by atoms with Crippen LogP contribution in [0, 0.1) is 5.92 Å². The van der Waals surface area contributed by atoms with Crippen molar-refractivity contribution in [2.24, 2.45) is 17.4 Å². The first-order valence-electron chi connectivity index (χ1n) is 3.14. The second-order valence-corrected chi connectivity index (χ2v) is 2.79. The second-order valence-electron chi connectivity index (χ2n) is 2.31. The van der Waals surface area contributed by atoms with Gasteiger partial charge in [0, 0.05) is 0 Å². The van der Waals surface area contributed by atoms with Gasteiger partial charge >= 0.3 is 0 Å². The molecule has 4 N–H and O–H groups in total. The summed E-state index contributed by atoms with van der Waals surface area (Å²) in [7, 11) is 0. The Balaban J connectivity index is 0. The third-order valence-corrected chi connectivity index (χ3v) is 1.86. The molecular formula is C6H15ClN2S. The van der Waals surface area contributed by atoms with E-state index in [0.29, 0.717) is 10.9 Å². The molecule has 0 aromatic heterocycles. The van der Waals surface area contributed by atoms with Gasteiger partial charge < -0.3 is 11.5 Å². The molecule has 10 heavy (non-hydrogen) atoms. The molecule has 2 nitrogen and oxygen atoms in total. The molecule has 0 aliphatic heterocycles. The van der Waals surface area contributed by atoms with Gasteiger partial charge in [0.05, 0.1) is 11.0 Å². The lowest BCUT2D eigenvalue weighted by Crippen LogP contribution is -2.40. The van der Waals surface area contributed by atoms with E-state index in [-0.39, 0.29) is 18.4 Å². The van der Waals surface area contributed by atoms with Gasteiger partial charge in [0.2, 0.25) is 0 Å². The Kier molecular flexibility index (Phi) is 7.53. The van der Waals surface area contributed by atoms with E-state index < -0.39 is 0 Å². The van der Waals surface area contributed by atoms with Crippen molar-refractivity contribution in [3.05, 3.63) is 0 Å². The largest absolute Gasteiger partial charge is 0.392 e. The molecule has 0 unspecified atom stereocenters. The van der Waals surface area contributed by atoms with Gasteiger partial charge in [-0.05, 0) is 5.92 Å². The molecule has 0 aliphatic rings. The maximum atomic E-state index is 5.60. The van der Waals surface area contributed by atoms with Gasteiger partial charge in [0.1, 0.15) is 0 Å². The summed E-state index contributed by atoms with van der Waals surface area (Å²) in [5, 5.41) is 0. The molecule has 0 aliphatic carbocycles. The second kappa shape index (κ2) is 5.89. The molecule has 0 heterocycles. The minimum absolute atomic E-state index is 0. The standard InChI is InChI=1S/C6H14N2S.ClH/c1-3-4(2)5(7)6(8)9;/h4-5H,3,7H2,1-2H3,(H2,8,9);1H/t4-,5-;/m0./s1. The van der Waals surface area contributed by atoms with E-state index in [4.69, 9.17) is 23.7 Å². The summed E-state index contributed by atoms with van der Waals surface area (Å²) in [5.74, 6) is 0.405. The van der Waals surface area contributed by atoms with Crippen LogP contribution in [0.2, 0.25) is 0 Å². The molecule has 0 saturated carbocycles. The predicted octanol–water partition coefficient (Wildman–Crippen LogP) is 1.07. The third kappa shape index (κ3) is 4.04. The molecule has 2 atom stereocenters. The van der Waals surface area contributed by atoms with Crippen molar-refractivity contribution in [3.63, 3.8) is 0 Å². The Morgan fingerprint density at radius 3 is 2.10 bits per heavy atom. The number of thiocarbonyl (C=S) groups is 1. The first kappa shape index (κ1) is 12.8. The SMILES string of the molecule is CC[C@H](C)[C@H](N)C(N)=S.Cl. The fraction of sp³-hybridized carbons (Fsp3) is 0.833. The fourth-order valence-corrected chi connectivity index (χ4v) is 0.767. The monoisotopic (exact) mass is 182 g/mol. The van der Waals surface area contributed by atoms with Gasteiger partial charge in [-0.1, -0.05) is 32.5 Å². The topological polar surface area (TPSA) is 52.0 Å². The molecule has 0 fully saturated rings. The van der Waals surface area contributed by atoms with E-state index in [1.165, 1.54) is 0 Å². The van der Waals surface area contributed by atoms with E-state index >= 15 is 0 Å². The average molecular weight is 183 g/mol. The van der Waals surface area contributed by atoms with Crippen molar-refractivity contribution in [2.45, 2.75) is 26.3 Å². The highest BCUT2D eigenvalue weighted by molar-refractivity contribution is 7.80. The maximum absolute atomic E-state index is 5.60. The Hall–Kier alpha value is 0.140. The zero-order valence-corrected chi connectivity index (χ0v) is 7.97. The van der Waals surface area contributed by atoms with Crippen LogP contribution >= 0.6 is 24.6 Å². The minimum Gasteiger partial charge on any atom is -0.392 e. The Morgan fingerprint density at radius 1 is 1.60 bits per heavy atom. The lowest BCUT2D eigenvalue weighted by molar-refractivity contribution is 0.523. The van der Waals surface area contributed by atoms with Gasteiger partial charge in [-0.3, -0.25) is 0 Å². The van der Waals surface area contributed by atoms with Gasteiger partial charge in [-0.25, -0.2) is 0 Å². The van der Waals surface area contributed by atoms with E-state index in [0.717, 1.165) is 6.42 Å². The molecule has 0 spiro atoms. The molecule has 0 amide bonds. The molecular weight excluding hydrogens is 168 g/mol. The molecule has 0 rings (SSSR count). The van der Waals surface area contributed by atoms with Crippen LogP contribution < -0.4 is 11.5 Å². The molecule has 0 saturated heterocycles. The summed E-state index contributed by atoms with van der Waals surface area (Å²) >= 11 is 4.71. The Labute approximate surface area is 73.8 Å². The van der Waals surface area contributed by atoms with Crippen molar-refractivity contribution in [2.75, 3.05) is 0 Å². The summed E-state index contributed by atoms with van der Waals surface area (Å²) in [6.45, 7) is 4.12. The Morgan fingerprint density at radius 2 is 2.00 bits per heavy atom. The predicted molar refractivity (Wildman–Crippen MR) is 51.5 cm³/mol. The number of rotatable bonds is 3. The van der Waals surface area contributed by atoms with Crippen LogP contribution in [0.25, 0.3) is 0 Å². The first-order valence-corrected chi connectivity index (χ1v) is 3.55. The molecule has 4 heteroatoms. The highest BCUT2D eigenvalue weighted by atomic mass is 35.5. The molecule has 0 aromatic rings. The molecule has 0 aromatic carbocycles. The van der Waals surface area contributed by atoms with Crippen LogP contribution in [0.3, 0.4) is 0 Å². The van der Waals surface area contributed by atoms with Crippen molar-refractivity contribution in [3.8, 4) is 0 Å². The summed E-state index contributed by atoms with van der Waals surface area (Å²) in [5.41, 5.74) is 10.9. The number of halogens is 1. The summed E-state index contributed by atoms with van der Waals surface area (Å²) in [6.07, 6.45) is 1.03.